The summed E-state index contributed by atoms with van der Waals surface area (Å²) in [7, 11) is 0. The number of aliphatic hydroxyl groups is 1. The molecule has 1 aliphatic rings. The van der Waals surface area contributed by atoms with Crippen molar-refractivity contribution in [1.29, 1.82) is 0 Å². The van der Waals surface area contributed by atoms with Gasteiger partial charge in [-0.15, -0.1) is 0 Å². The zero-order chi connectivity index (χ0) is 13.1. The summed E-state index contributed by atoms with van der Waals surface area (Å²) in [6.07, 6.45) is 3.24. The SMILES string of the molecule is O=C(O)c1cc(Cl)ccc1N(CCO)C1CCC1. The van der Waals surface area contributed by atoms with Gasteiger partial charge in [0.2, 0.25) is 0 Å². The van der Waals surface area contributed by atoms with E-state index in [2.05, 4.69) is 0 Å². The van der Waals surface area contributed by atoms with Gasteiger partial charge in [0.05, 0.1) is 17.9 Å². The van der Waals surface area contributed by atoms with Crippen LogP contribution in [0.2, 0.25) is 5.02 Å². The average Bonchev–Trinajstić information content (AvgIpc) is 2.26. The van der Waals surface area contributed by atoms with Crippen LogP contribution in [-0.4, -0.2) is 35.4 Å². The van der Waals surface area contributed by atoms with Crippen LogP contribution >= 0.6 is 11.6 Å². The smallest absolute Gasteiger partial charge is 0.337 e. The monoisotopic (exact) mass is 269 g/mol. The van der Waals surface area contributed by atoms with Crippen molar-refractivity contribution in [2.45, 2.75) is 25.3 Å². The standard InChI is InChI=1S/C13H16ClNO3/c14-9-4-5-12(11(8-9)13(17)18)15(6-7-16)10-2-1-3-10/h4-5,8,10,16H,1-3,6-7H2,(H,17,18). The molecule has 0 spiro atoms. The molecule has 1 aromatic rings. The summed E-state index contributed by atoms with van der Waals surface area (Å²) in [5, 5.41) is 18.8. The van der Waals surface area contributed by atoms with Crippen molar-refractivity contribution in [2.24, 2.45) is 0 Å². The summed E-state index contributed by atoms with van der Waals surface area (Å²) >= 11 is 5.84. The van der Waals surface area contributed by atoms with Crippen molar-refractivity contribution in [3.05, 3.63) is 28.8 Å². The first-order chi connectivity index (χ1) is 8.63. The lowest BCUT2D eigenvalue weighted by Gasteiger charge is -2.39. The number of aromatic carboxylic acids is 1. The summed E-state index contributed by atoms with van der Waals surface area (Å²) < 4.78 is 0. The average molecular weight is 270 g/mol. The molecule has 1 saturated carbocycles. The van der Waals surface area contributed by atoms with Crippen LogP contribution in [-0.2, 0) is 0 Å². The van der Waals surface area contributed by atoms with Gasteiger partial charge in [0.15, 0.2) is 0 Å². The van der Waals surface area contributed by atoms with Crippen LogP contribution < -0.4 is 4.90 Å². The minimum absolute atomic E-state index is 0.0121. The van der Waals surface area contributed by atoms with Crippen LogP contribution in [0.4, 0.5) is 5.69 Å². The Labute approximate surface area is 111 Å². The highest BCUT2D eigenvalue weighted by Crippen LogP contribution is 2.32. The van der Waals surface area contributed by atoms with Gasteiger partial charge in [-0.25, -0.2) is 4.79 Å². The molecular weight excluding hydrogens is 254 g/mol. The maximum absolute atomic E-state index is 11.3. The van der Waals surface area contributed by atoms with E-state index in [0.29, 0.717) is 23.3 Å². The summed E-state index contributed by atoms with van der Waals surface area (Å²) in [6.45, 7) is 0.463. The normalized spacial score (nSPS) is 15.2. The number of hydrogen-bond donors (Lipinski definition) is 2. The van der Waals surface area contributed by atoms with Gasteiger partial charge in [0.25, 0.3) is 0 Å². The second-order valence-electron chi connectivity index (χ2n) is 4.47. The van der Waals surface area contributed by atoms with Gasteiger partial charge in [0, 0.05) is 17.6 Å². The van der Waals surface area contributed by atoms with Crippen LogP contribution in [0.3, 0.4) is 0 Å². The predicted octanol–water partition coefficient (Wildman–Crippen LogP) is 2.39. The molecule has 0 aromatic heterocycles. The molecule has 0 saturated heterocycles. The van der Waals surface area contributed by atoms with Gasteiger partial charge in [-0.1, -0.05) is 11.6 Å². The zero-order valence-corrected chi connectivity index (χ0v) is 10.7. The molecule has 0 aliphatic heterocycles. The number of carbonyl (C=O) groups is 1. The van der Waals surface area contributed by atoms with Gasteiger partial charge in [-0.2, -0.15) is 0 Å². The molecule has 1 aliphatic carbocycles. The maximum Gasteiger partial charge on any atom is 0.337 e. The van der Waals surface area contributed by atoms with E-state index >= 15 is 0 Å². The van der Waals surface area contributed by atoms with Crippen molar-refractivity contribution < 1.29 is 15.0 Å². The number of nitrogens with zero attached hydrogens (tertiary/aromatic N) is 1. The number of anilines is 1. The topological polar surface area (TPSA) is 60.8 Å². The van der Waals surface area contributed by atoms with Crippen LogP contribution in [0.5, 0.6) is 0 Å². The van der Waals surface area contributed by atoms with Gasteiger partial charge in [0.1, 0.15) is 0 Å². The number of halogens is 1. The lowest BCUT2D eigenvalue weighted by molar-refractivity contribution is 0.0697. The molecule has 2 N–H and O–H groups in total. The lowest BCUT2D eigenvalue weighted by atomic mass is 9.90. The quantitative estimate of drug-likeness (QED) is 0.862. The minimum Gasteiger partial charge on any atom is -0.478 e. The molecule has 4 nitrogen and oxygen atoms in total. The predicted molar refractivity (Wildman–Crippen MR) is 70.5 cm³/mol. The first-order valence-corrected chi connectivity index (χ1v) is 6.41. The van der Waals surface area contributed by atoms with E-state index in [9.17, 15) is 9.90 Å². The zero-order valence-electron chi connectivity index (χ0n) is 9.97. The van der Waals surface area contributed by atoms with Gasteiger partial charge in [-0.05, 0) is 37.5 Å². The maximum atomic E-state index is 11.3. The van der Waals surface area contributed by atoms with Crippen LogP contribution in [0.1, 0.15) is 29.6 Å². The fraction of sp³-hybridized carbons (Fsp3) is 0.462. The van der Waals surface area contributed by atoms with Gasteiger partial charge < -0.3 is 15.1 Å². The number of rotatable bonds is 5. The second kappa shape index (κ2) is 5.59. The number of aliphatic hydroxyl groups excluding tert-OH is 1. The van der Waals surface area contributed by atoms with E-state index in [1.807, 2.05) is 4.90 Å². The second-order valence-corrected chi connectivity index (χ2v) is 4.90. The van der Waals surface area contributed by atoms with E-state index < -0.39 is 5.97 Å². The molecular formula is C13H16ClNO3. The molecule has 0 unspecified atom stereocenters. The van der Waals surface area contributed by atoms with Crippen LogP contribution in [0, 0.1) is 0 Å². The van der Waals surface area contributed by atoms with E-state index in [0.717, 1.165) is 19.3 Å². The molecule has 5 heteroatoms. The Morgan fingerprint density at radius 3 is 2.67 bits per heavy atom. The highest BCUT2D eigenvalue weighted by atomic mass is 35.5. The largest absolute Gasteiger partial charge is 0.478 e. The lowest BCUT2D eigenvalue weighted by Crippen LogP contribution is -2.42. The molecule has 0 atom stereocenters. The number of hydrogen-bond acceptors (Lipinski definition) is 3. The molecule has 18 heavy (non-hydrogen) atoms. The van der Waals surface area contributed by atoms with Crippen LogP contribution in [0.15, 0.2) is 18.2 Å². The summed E-state index contributed by atoms with van der Waals surface area (Å²) in [6, 6.07) is 5.20. The first-order valence-electron chi connectivity index (χ1n) is 6.04. The van der Waals surface area contributed by atoms with Crippen molar-refractivity contribution in [1.82, 2.24) is 0 Å². The minimum atomic E-state index is -0.991. The van der Waals surface area contributed by atoms with E-state index in [-0.39, 0.29) is 12.2 Å². The Balaban J connectivity index is 2.36. The number of carboxylic acids is 1. The van der Waals surface area contributed by atoms with Crippen molar-refractivity contribution in [3.8, 4) is 0 Å². The molecule has 98 valence electrons. The Bertz CT molecular complexity index is 446. The molecule has 0 amide bonds. The van der Waals surface area contributed by atoms with Crippen molar-refractivity contribution in [2.75, 3.05) is 18.1 Å². The number of benzene rings is 1. The highest BCUT2D eigenvalue weighted by Gasteiger charge is 2.27. The summed E-state index contributed by atoms with van der Waals surface area (Å²) in [4.78, 5) is 13.2. The Morgan fingerprint density at radius 2 is 2.17 bits per heavy atom. The van der Waals surface area contributed by atoms with Crippen molar-refractivity contribution >= 4 is 23.3 Å². The fourth-order valence-corrected chi connectivity index (χ4v) is 2.41. The molecule has 0 bridgehead atoms. The third kappa shape index (κ3) is 2.60. The van der Waals surface area contributed by atoms with Gasteiger partial charge in [-0.3, -0.25) is 0 Å². The molecule has 0 radical (unpaired) electrons. The third-order valence-corrected chi connectivity index (χ3v) is 3.59. The molecule has 1 aromatic carbocycles. The van der Waals surface area contributed by atoms with E-state index in [1.165, 1.54) is 6.07 Å². The van der Waals surface area contributed by atoms with Gasteiger partial charge >= 0.3 is 5.97 Å². The third-order valence-electron chi connectivity index (χ3n) is 3.35. The molecule has 2 rings (SSSR count). The van der Waals surface area contributed by atoms with Crippen LogP contribution in [0.25, 0.3) is 0 Å². The molecule has 1 fully saturated rings. The Hall–Kier alpha value is -1.26. The Morgan fingerprint density at radius 1 is 1.44 bits per heavy atom. The first kappa shape index (κ1) is 13.2. The molecule has 0 heterocycles. The highest BCUT2D eigenvalue weighted by molar-refractivity contribution is 6.31. The van der Waals surface area contributed by atoms with E-state index in [1.54, 1.807) is 12.1 Å². The Kier molecular flexibility index (Phi) is 4.09. The van der Waals surface area contributed by atoms with Crippen molar-refractivity contribution in [3.63, 3.8) is 0 Å². The fourth-order valence-electron chi connectivity index (χ4n) is 2.24. The summed E-state index contributed by atoms with van der Waals surface area (Å²) in [5.41, 5.74) is 0.841. The van der Waals surface area contributed by atoms with E-state index in [4.69, 9.17) is 16.7 Å². The number of carboxylic acid groups (broad SMARTS) is 1. The summed E-state index contributed by atoms with van der Waals surface area (Å²) in [5.74, 6) is -0.991.